The Bertz CT molecular complexity index is 1400. The van der Waals surface area contributed by atoms with Gasteiger partial charge in [0.15, 0.2) is 0 Å². The fourth-order valence-electron chi connectivity index (χ4n) is 3.87. The fraction of sp³-hybridized carbons (Fsp3) is 0.120. The lowest BCUT2D eigenvalue weighted by Crippen LogP contribution is -2.14. The van der Waals surface area contributed by atoms with E-state index in [-0.39, 0.29) is 5.91 Å². The van der Waals surface area contributed by atoms with Gasteiger partial charge in [-0.05, 0) is 43.7 Å². The van der Waals surface area contributed by atoms with Gasteiger partial charge in [-0.25, -0.2) is 9.97 Å². The Labute approximate surface area is 185 Å². The lowest BCUT2D eigenvalue weighted by Gasteiger charge is -2.08. The molecule has 158 valence electrons. The summed E-state index contributed by atoms with van der Waals surface area (Å²) in [5.74, 6) is 0.543. The number of amides is 1. The zero-order valence-corrected chi connectivity index (χ0v) is 17.9. The van der Waals surface area contributed by atoms with Crippen LogP contribution >= 0.6 is 0 Å². The van der Waals surface area contributed by atoms with E-state index in [1.54, 1.807) is 12.5 Å². The van der Waals surface area contributed by atoms with Gasteiger partial charge in [0.2, 0.25) is 0 Å². The Morgan fingerprint density at radius 1 is 0.938 bits per heavy atom. The molecule has 5 rings (SSSR count). The van der Waals surface area contributed by atoms with Crippen molar-refractivity contribution in [2.45, 2.75) is 20.4 Å². The van der Waals surface area contributed by atoms with Crippen molar-refractivity contribution in [2.75, 3.05) is 5.32 Å². The average Bonchev–Trinajstić information content (AvgIpc) is 3.35. The number of para-hydroxylation sites is 2. The predicted octanol–water partition coefficient (Wildman–Crippen LogP) is 4.53. The minimum absolute atomic E-state index is 0.193. The molecule has 7 nitrogen and oxygen atoms in total. The summed E-state index contributed by atoms with van der Waals surface area (Å²) in [4.78, 5) is 21.9. The van der Waals surface area contributed by atoms with Gasteiger partial charge >= 0.3 is 0 Å². The normalized spacial score (nSPS) is 11.1. The van der Waals surface area contributed by atoms with Crippen molar-refractivity contribution in [3.63, 3.8) is 0 Å². The van der Waals surface area contributed by atoms with E-state index in [1.165, 1.54) is 0 Å². The van der Waals surface area contributed by atoms with Crippen LogP contribution in [0.5, 0.6) is 0 Å². The minimum atomic E-state index is -0.193. The second-order valence-corrected chi connectivity index (χ2v) is 7.65. The number of anilines is 1. The van der Waals surface area contributed by atoms with E-state index < -0.39 is 0 Å². The zero-order chi connectivity index (χ0) is 22.1. The second kappa shape index (κ2) is 8.11. The van der Waals surface area contributed by atoms with Gasteiger partial charge < -0.3 is 5.32 Å². The van der Waals surface area contributed by atoms with Crippen LogP contribution in [0.25, 0.3) is 16.9 Å². The Kier molecular flexibility index (Phi) is 4.99. The number of benzene rings is 2. The van der Waals surface area contributed by atoms with Gasteiger partial charge in [0, 0.05) is 5.69 Å². The monoisotopic (exact) mass is 422 g/mol. The number of fused-ring (bicyclic) bond motifs is 1. The van der Waals surface area contributed by atoms with Gasteiger partial charge in [-0.3, -0.25) is 14.0 Å². The molecule has 0 saturated carbocycles. The maximum Gasteiger partial charge on any atom is 0.259 e. The number of carbonyl (C=O) groups is 1. The molecule has 3 aromatic heterocycles. The molecule has 0 unspecified atom stereocenters. The third-order valence-electron chi connectivity index (χ3n) is 5.49. The van der Waals surface area contributed by atoms with Crippen LogP contribution in [0.2, 0.25) is 0 Å². The highest BCUT2D eigenvalue weighted by Gasteiger charge is 2.19. The lowest BCUT2D eigenvalue weighted by molar-refractivity contribution is 0.102. The molecule has 0 spiro atoms. The van der Waals surface area contributed by atoms with E-state index in [2.05, 4.69) is 20.4 Å². The molecule has 0 saturated heterocycles. The van der Waals surface area contributed by atoms with E-state index in [4.69, 9.17) is 0 Å². The summed E-state index contributed by atoms with van der Waals surface area (Å²) in [6.07, 6.45) is 3.40. The first-order chi connectivity index (χ1) is 15.6. The van der Waals surface area contributed by atoms with Crippen LogP contribution in [-0.4, -0.2) is 30.2 Å². The molecule has 0 aliphatic rings. The molecule has 5 aromatic rings. The number of carbonyl (C=O) groups excluding carboxylic acids is 1. The predicted molar refractivity (Wildman–Crippen MR) is 124 cm³/mol. The number of aromatic nitrogens is 5. The topological polar surface area (TPSA) is 77.6 Å². The van der Waals surface area contributed by atoms with Crippen molar-refractivity contribution in [3.05, 3.63) is 102 Å². The van der Waals surface area contributed by atoms with Crippen LogP contribution < -0.4 is 5.32 Å². The van der Waals surface area contributed by atoms with Gasteiger partial charge in [0.1, 0.15) is 12.1 Å². The summed E-state index contributed by atoms with van der Waals surface area (Å²) in [7, 11) is 0. The Morgan fingerprint density at radius 2 is 1.72 bits per heavy atom. The average molecular weight is 422 g/mol. The summed E-state index contributed by atoms with van der Waals surface area (Å²) >= 11 is 0. The lowest BCUT2D eigenvalue weighted by atomic mass is 10.1. The first-order valence-corrected chi connectivity index (χ1v) is 10.4. The van der Waals surface area contributed by atoms with Gasteiger partial charge in [-0.1, -0.05) is 42.5 Å². The number of rotatable bonds is 5. The van der Waals surface area contributed by atoms with Gasteiger partial charge in [-0.15, -0.1) is 0 Å². The highest BCUT2D eigenvalue weighted by Crippen LogP contribution is 2.20. The molecular weight excluding hydrogens is 400 g/mol. The first-order valence-electron chi connectivity index (χ1n) is 10.4. The highest BCUT2D eigenvalue weighted by atomic mass is 16.1. The summed E-state index contributed by atoms with van der Waals surface area (Å²) < 4.78 is 3.79. The van der Waals surface area contributed by atoms with Crippen molar-refractivity contribution in [1.82, 2.24) is 24.3 Å². The summed E-state index contributed by atoms with van der Waals surface area (Å²) in [6.45, 7) is 4.40. The quantitative estimate of drug-likeness (QED) is 0.451. The molecule has 7 heteroatoms. The van der Waals surface area contributed by atoms with Crippen LogP contribution in [-0.2, 0) is 6.54 Å². The summed E-state index contributed by atoms with van der Waals surface area (Å²) in [5, 5.41) is 7.52. The molecule has 2 aromatic carbocycles. The fourth-order valence-corrected chi connectivity index (χ4v) is 3.87. The molecular formula is C25H22N6O. The van der Waals surface area contributed by atoms with E-state index in [0.717, 1.165) is 28.1 Å². The SMILES string of the molecule is Cc1nn(Cc2ccccc2)c(C)c1C(=O)Nc1ccc(-n2cnc3ccccc32)nc1. The van der Waals surface area contributed by atoms with E-state index >= 15 is 0 Å². The van der Waals surface area contributed by atoms with Gasteiger partial charge in [0.25, 0.3) is 5.91 Å². The molecule has 32 heavy (non-hydrogen) atoms. The van der Waals surface area contributed by atoms with Crippen LogP contribution in [0.1, 0.15) is 27.3 Å². The van der Waals surface area contributed by atoms with E-state index in [1.807, 2.05) is 89.8 Å². The van der Waals surface area contributed by atoms with Crippen molar-refractivity contribution in [1.29, 1.82) is 0 Å². The molecule has 3 heterocycles. The standard InChI is InChI=1S/C25H22N6O/c1-17-24(18(2)31(29-17)15-19-8-4-3-5-9-19)25(32)28-20-12-13-23(26-14-20)30-16-27-21-10-6-7-11-22(21)30/h3-14,16H,15H2,1-2H3,(H,28,32). The maximum absolute atomic E-state index is 13.0. The highest BCUT2D eigenvalue weighted by molar-refractivity contribution is 6.05. The molecule has 0 atom stereocenters. The molecule has 0 bridgehead atoms. The van der Waals surface area contributed by atoms with Crippen molar-refractivity contribution in [3.8, 4) is 5.82 Å². The smallest absolute Gasteiger partial charge is 0.259 e. The minimum Gasteiger partial charge on any atom is -0.320 e. The first kappa shape index (κ1) is 19.7. The number of pyridine rings is 1. The Hall–Kier alpha value is -4.26. The molecule has 1 amide bonds. The molecule has 0 fully saturated rings. The number of hydrogen-bond acceptors (Lipinski definition) is 4. The van der Waals surface area contributed by atoms with E-state index in [0.29, 0.717) is 23.5 Å². The molecule has 0 aliphatic carbocycles. The largest absolute Gasteiger partial charge is 0.320 e. The molecule has 1 N–H and O–H groups in total. The Balaban J connectivity index is 1.35. The summed E-state index contributed by atoms with van der Waals surface area (Å²) in [6, 6.07) is 21.7. The van der Waals surface area contributed by atoms with Crippen LogP contribution in [0.3, 0.4) is 0 Å². The number of hydrogen-bond donors (Lipinski definition) is 1. The zero-order valence-electron chi connectivity index (χ0n) is 17.9. The maximum atomic E-state index is 13.0. The van der Waals surface area contributed by atoms with Crippen LogP contribution in [0.4, 0.5) is 5.69 Å². The van der Waals surface area contributed by atoms with Gasteiger partial charge in [0.05, 0.1) is 40.7 Å². The molecule has 0 aliphatic heterocycles. The van der Waals surface area contributed by atoms with Crippen LogP contribution in [0.15, 0.2) is 79.3 Å². The molecule has 0 radical (unpaired) electrons. The number of nitrogens with one attached hydrogen (secondary N) is 1. The third kappa shape index (κ3) is 3.65. The van der Waals surface area contributed by atoms with E-state index in [9.17, 15) is 4.79 Å². The Morgan fingerprint density at radius 3 is 2.50 bits per heavy atom. The number of nitrogens with zero attached hydrogens (tertiary/aromatic N) is 5. The van der Waals surface area contributed by atoms with Gasteiger partial charge in [-0.2, -0.15) is 5.10 Å². The van der Waals surface area contributed by atoms with Crippen molar-refractivity contribution < 1.29 is 4.79 Å². The summed E-state index contributed by atoms with van der Waals surface area (Å²) in [5.41, 5.74) is 5.77. The second-order valence-electron chi connectivity index (χ2n) is 7.65. The number of imidazole rings is 1. The van der Waals surface area contributed by atoms with Crippen molar-refractivity contribution in [2.24, 2.45) is 0 Å². The number of aryl methyl sites for hydroxylation is 1. The third-order valence-corrected chi connectivity index (χ3v) is 5.49. The van der Waals surface area contributed by atoms with Crippen LogP contribution in [0, 0.1) is 13.8 Å². The van der Waals surface area contributed by atoms with Crippen molar-refractivity contribution >= 4 is 22.6 Å².